The maximum absolute atomic E-state index is 14.0. The third-order valence-corrected chi connectivity index (χ3v) is 11.2. The van der Waals surface area contributed by atoms with Gasteiger partial charge < -0.3 is 24.8 Å². The third-order valence-electron chi connectivity index (χ3n) is 9.42. The number of hydrogen-bond donors (Lipinski definition) is 3. The molecule has 6 rings (SSSR count). The lowest BCUT2D eigenvalue weighted by Gasteiger charge is -2.28. The zero-order chi connectivity index (χ0) is 35.1. The van der Waals surface area contributed by atoms with E-state index in [1.165, 1.54) is 11.0 Å². The summed E-state index contributed by atoms with van der Waals surface area (Å²) in [6.07, 6.45) is 0.845. The number of rotatable bonds is 13. The number of fused-ring (bicyclic) bond motifs is 1. The van der Waals surface area contributed by atoms with Gasteiger partial charge in [0.05, 0.1) is 30.1 Å². The van der Waals surface area contributed by atoms with Gasteiger partial charge in [0, 0.05) is 35.4 Å². The summed E-state index contributed by atoms with van der Waals surface area (Å²) in [5, 5.41) is 13.7. The highest BCUT2D eigenvalue weighted by atomic mass is 32.2. The molecule has 3 N–H and O–H groups in total. The van der Waals surface area contributed by atoms with E-state index in [-0.39, 0.29) is 31.7 Å². The minimum absolute atomic E-state index is 0.00708. The number of ether oxygens (including phenoxy) is 2. The van der Waals surface area contributed by atoms with E-state index < -0.39 is 62.7 Å². The van der Waals surface area contributed by atoms with Gasteiger partial charge in [0.1, 0.15) is 35.3 Å². The smallest absolute Gasteiger partial charge is 0.259 e. The molecule has 2 aromatic carbocycles. The summed E-state index contributed by atoms with van der Waals surface area (Å²) >= 11 is 0. The molecule has 1 aromatic heterocycles. The minimum atomic E-state index is -3.87. The lowest BCUT2D eigenvalue weighted by atomic mass is 10.0. The highest BCUT2D eigenvalue weighted by molar-refractivity contribution is 7.91. The van der Waals surface area contributed by atoms with E-state index in [0.29, 0.717) is 40.9 Å². The van der Waals surface area contributed by atoms with Gasteiger partial charge in [0.2, 0.25) is 15.9 Å². The van der Waals surface area contributed by atoms with Crippen LogP contribution in [0.15, 0.2) is 67.3 Å². The number of sulfonamides is 1. The molecular weight excluding hydrogens is 648 g/mol. The van der Waals surface area contributed by atoms with Gasteiger partial charge in [-0.1, -0.05) is 50.3 Å². The summed E-state index contributed by atoms with van der Waals surface area (Å²) in [6.45, 7) is 7.51. The number of nitrogens with zero attached hydrogens (tertiary/aromatic N) is 2. The lowest BCUT2D eigenvalue weighted by Crippen LogP contribution is -2.57. The standard InChI is InChI=1S/C36H42N4O8S/c1-5-23-19-36(23,35(44)39-49(45,46)26-12-13-26)38-33(42)30-17-25(20-40(30)34(43)31(41)15-21(2)3)48-32-18-28(22-9-7-6-8-10-22)37-29-16-24(47-4)11-14-27(29)32/h5-11,14,16,18,21,23,25-26,30-31,41H,1,12-13,15,17,19-20H2,2-4H3,(H,38,42)(H,39,44)/t23-,25-,30+,31+,36-/m1/s1. The number of aromatic nitrogens is 1. The Labute approximate surface area is 285 Å². The van der Waals surface area contributed by atoms with Crippen LogP contribution in [0.5, 0.6) is 11.5 Å². The van der Waals surface area contributed by atoms with Crippen LogP contribution in [0.25, 0.3) is 22.2 Å². The Bertz CT molecular complexity index is 1880. The molecule has 12 nitrogen and oxygen atoms in total. The first-order valence-corrected chi connectivity index (χ1v) is 18.1. The Balaban J connectivity index is 1.29. The van der Waals surface area contributed by atoms with E-state index in [0.717, 1.165) is 5.56 Å². The largest absolute Gasteiger partial charge is 0.497 e. The molecule has 0 spiro atoms. The van der Waals surface area contributed by atoms with Crippen LogP contribution in [-0.2, 0) is 24.4 Å². The molecule has 0 bridgehead atoms. The number of amides is 3. The first kappa shape index (κ1) is 34.4. The van der Waals surface area contributed by atoms with Gasteiger partial charge in [0.25, 0.3) is 11.8 Å². The van der Waals surface area contributed by atoms with E-state index in [1.54, 1.807) is 19.2 Å². The second-order valence-corrected chi connectivity index (χ2v) is 15.5. The fraction of sp³-hybridized carbons (Fsp3) is 0.444. The predicted octanol–water partition coefficient (Wildman–Crippen LogP) is 3.34. The van der Waals surface area contributed by atoms with Gasteiger partial charge in [-0.25, -0.2) is 13.4 Å². The highest BCUT2D eigenvalue weighted by Gasteiger charge is 2.62. The first-order chi connectivity index (χ1) is 23.3. The number of likely N-dealkylation sites (tertiary alicyclic amines) is 1. The van der Waals surface area contributed by atoms with Crippen molar-refractivity contribution in [3.8, 4) is 22.8 Å². The molecule has 13 heteroatoms. The number of benzene rings is 2. The summed E-state index contributed by atoms with van der Waals surface area (Å²) in [5.74, 6) is -1.47. The van der Waals surface area contributed by atoms with Crippen LogP contribution >= 0.6 is 0 Å². The number of carbonyl (C=O) groups is 3. The van der Waals surface area contributed by atoms with Crippen molar-refractivity contribution in [1.29, 1.82) is 0 Å². The van der Waals surface area contributed by atoms with E-state index in [9.17, 15) is 27.9 Å². The maximum atomic E-state index is 14.0. The number of hydrogen-bond acceptors (Lipinski definition) is 9. The second kappa shape index (κ2) is 13.4. The fourth-order valence-electron chi connectivity index (χ4n) is 6.47. The average Bonchev–Trinajstić information content (AvgIpc) is 4.01. The van der Waals surface area contributed by atoms with E-state index >= 15 is 0 Å². The van der Waals surface area contributed by atoms with Crippen molar-refractivity contribution in [3.63, 3.8) is 0 Å². The maximum Gasteiger partial charge on any atom is 0.259 e. The van der Waals surface area contributed by atoms with Gasteiger partial charge in [-0.3, -0.25) is 19.1 Å². The Hall–Kier alpha value is -4.49. The van der Waals surface area contributed by atoms with Crippen molar-refractivity contribution in [3.05, 3.63) is 67.3 Å². The molecule has 0 unspecified atom stereocenters. The molecule has 49 heavy (non-hydrogen) atoms. The Morgan fingerprint density at radius 2 is 1.88 bits per heavy atom. The molecule has 5 atom stereocenters. The van der Waals surface area contributed by atoms with Crippen molar-refractivity contribution >= 4 is 38.6 Å². The molecule has 3 amide bonds. The van der Waals surface area contributed by atoms with Gasteiger partial charge in [-0.05, 0) is 43.7 Å². The van der Waals surface area contributed by atoms with Gasteiger partial charge in [0.15, 0.2) is 0 Å². The normalized spacial score (nSPS) is 23.9. The van der Waals surface area contributed by atoms with Crippen molar-refractivity contribution in [2.75, 3.05) is 13.7 Å². The van der Waals surface area contributed by atoms with Crippen LogP contribution in [-0.4, -0.2) is 83.8 Å². The molecular formula is C36H42N4O8S. The molecule has 0 radical (unpaired) electrons. The molecule has 2 saturated carbocycles. The molecule has 3 fully saturated rings. The number of nitrogens with one attached hydrogen (secondary N) is 2. The zero-order valence-corrected chi connectivity index (χ0v) is 28.6. The lowest BCUT2D eigenvalue weighted by molar-refractivity contribution is -0.146. The average molecular weight is 691 g/mol. The quantitative estimate of drug-likeness (QED) is 0.228. The summed E-state index contributed by atoms with van der Waals surface area (Å²) in [5.41, 5.74) is 0.627. The van der Waals surface area contributed by atoms with Crippen molar-refractivity contribution in [2.24, 2.45) is 11.8 Å². The second-order valence-electron chi connectivity index (χ2n) is 13.6. The van der Waals surface area contributed by atoms with Crippen LogP contribution in [0.4, 0.5) is 0 Å². The highest BCUT2D eigenvalue weighted by Crippen LogP contribution is 2.45. The number of methoxy groups -OCH3 is 1. The summed E-state index contributed by atoms with van der Waals surface area (Å²) in [4.78, 5) is 47.2. The molecule has 260 valence electrons. The van der Waals surface area contributed by atoms with Crippen molar-refractivity contribution < 1.29 is 37.4 Å². The SMILES string of the molecule is C=C[C@@H]1C[C@]1(NC(=O)[C@@H]1C[C@@H](Oc2cc(-c3ccccc3)nc3cc(OC)ccc23)CN1C(=O)[C@@H](O)CC(C)C)C(=O)NS(=O)(=O)C1CC1. The Morgan fingerprint density at radius 3 is 2.51 bits per heavy atom. The Morgan fingerprint density at radius 1 is 1.14 bits per heavy atom. The monoisotopic (exact) mass is 690 g/mol. The first-order valence-electron chi connectivity index (χ1n) is 16.5. The number of aliphatic hydroxyl groups excluding tert-OH is 1. The van der Waals surface area contributed by atoms with E-state index in [1.807, 2.05) is 56.3 Å². The van der Waals surface area contributed by atoms with Crippen LogP contribution in [0, 0.1) is 11.8 Å². The zero-order valence-electron chi connectivity index (χ0n) is 27.8. The summed E-state index contributed by atoms with van der Waals surface area (Å²) in [6, 6.07) is 15.7. The van der Waals surface area contributed by atoms with Gasteiger partial charge in [-0.2, -0.15) is 0 Å². The van der Waals surface area contributed by atoms with Gasteiger partial charge in [-0.15, -0.1) is 6.58 Å². The van der Waals surface area contributed by atoms with Crippen LogP contribution < -0.4 is 19.5 Å². The van der Waals surface area contributed by atoms with Crippen LogP contribution in [0.2, 0.25) is 0 Å². The number of aliphatic hydroxyl groups is 1. The minimum Gasteiger partial charge on any atom is -0.497 e. The molecule has 2 heterocycles. The predicted molar refractivity (Wildman–Crippen MR) is 183 cm³/mol. The van der Waals surface area contributed by atoms with Crippen LogP contribution in [0.3, 0.4) is 0 Å². The molecule has 3 aromatic rings. The van der Waals surface area contributed by atoms with Crippen molar-refractivity contribution in [2.45, 2.75) is 75.0 Å². The molecule has 1 saturated heterocycles. The van der Waals surface area contributed by atoms with Gasteiger partial charge >= 0.3 is 0 Å². The van der Waals surface area contributed by atoms with Crippen molar-refractivity contribution in [1.82, 2.24) is 19.9 Å². The molecule has 2 aliphatic carbocycles. The third kappa shape index (κ3) is 7.13. The topological polar surface area (TPSA) is 164 Å². The van der Waals surface area contributed by atoms with Crippen LogP contribution in [0.1, 0.15) is 46.0 Å². The Kier molecular flexibility index (Phi) is 9.42. The molecule has 3 aliphatic rings. The summed E-state index contributed by atoms with van der Waals surface area (Å²) in [7, 11) is -2.30. The summed E-state index contributed by atoms with van der Waals surface area (Å²) < 4.78 is 39.3. The number of pyridine rings is 1. The van der Waals surface area contributed by atoms with E-state index in [4.69, 9.17) is 14.5 Å². The van der Waals surface area contributed by atoms with E-state index in [2.05, 4.69) is 16.6 Å². The fourth-order valence-corrected chi connectivity index (χ4v) is 7.83. The molecule has 1 aliphatic heterocycles. The number of carbonyl (C=O) groups excluding carboxylic acids is 3.